The van der Waals surface area contributed by atoms with Crippen LogP contribution in [0.3, 0.4) is 0 Å². The molecule has 0 amide bonds. The summed E-state index contributed by atoms with van der Waals surface area (Å²) in [5.74, 6) is 1.76. The summed E-state index contributed by atoms with van der Waals surface area (Å²) in [4.78, 5) is 8.35. The van der Waals surface area contributed by atoms with Crippen LogP contribution in [0.5, 0.6) is 0 Å². The Bertz CT molecular complexity index is 925. The Balaban J connectivity index is 1.37. The summed E-state index contributed by atoms with van der Waals surface area (Å²) in [5, 5.41) is 3.40. The monoisotopic (exact) mass is 363 g/mol. The van der Waals surface area contributed by atoms with E-state index in [4.69, 9.17) is 0 Å². The minimum atomic E-state index is -4.38. The van der Waals surface area contributed by atoms with Crippen LogP contribution in [0.25, 0.3) is 11.0 Å². The van der Waals surface area contributed by atoms with Gasteiger partial charge in [-0.2, -0.15) is 13.2 Å². The second-order valence-electron chi connectivity index (χ2n) is 6.80. The first kappa shape index (κ1) is 17.1. The highest BCUT2D eigenvalue weighted by molar-refractivity contribution is 5.75. The van der Waals surface area contributed by atoms with Crippen molar-refractivity contribution in [2.75, 3.05) is 6.54 Å². The minimum Gasteiger partial charge on any atom is -0.334 e. The Kier molecular flexibility index (Phi) is 4.22. The van der Waals surface area contributed by atoms with Crippen LogP contribution in [0.15, 0.2) is 30.5 Å². The topological polar surface area (TPSA) is 47.7 Å². The molecule has 1 N–H and O–H groups in total. The zero-order valence-electron chi connectivity index (χ0n) is 14.4. The van der Waals surface area contributed by atoms with Gasteiger partial charge < -0.3 is 14.5 Å². The zero-order valence-corrected chi connectivity index (χ0v) is 14.4. The fourth-order valence-electron chi connectivity index (χ4n) is 3.56. The predicted octanol–water partition coefficient (Wildman–Crippen LogP) is 3.14. The van der Waals surface area contributed by atoms with E-state index in [0.717, 1.165) is 36.0 Å². The quantitative estimate of drug-likeness (QED) is 0.775. The largest absolute Gasteiger partial charge is 0.434 e. The molecule has 0 fully saturated rings. The first-order valence-corrected chi connectivity index (χ1v) is 8.66. The van der Waals surface area contributed by atoms with E-state index in [1.54, 1.807) is 4.57 Å². The molecular weight excluding hydrogens is 343 g/mol. The maximum atomic E-state index is 12.8. The van der Waals surface area contributed by atoms with Crippen molar-refractivity contribution in [2.24, 2.45) is 13.0 Å². The van der Waals surface area contributed by atoms with Crippen LogP contribution >= 0.6 is 0 Å². The summed E-state index contributed by atoms with van der Waals surface area (Å²) >= 11 is 0. The summed E-state index contributed by atoms with van der Waals surface area (Å²) in [6.45, 7) is 1.93. The van der Waals surface area contributed by atoms with Crippen molar-refractivity contribution < 1.29 is 13.2 Å². The molecule has 3 aromatic rings. The molecule has 1 aromatic carbocycles. The molecule has 8 heteroatoms. The number of hydrogen-bond acceptors (Lipinski definition) is 3. The normalized spacial score (nSPS) is 17.6. The van der Waals surface area contributed by atoms with E-state index >= 15 is 0 Å². The van der Waals surface area contributed by atoms with Gasteiger partial charge >= 0.3 is 6.18 Å². The second kappa shape index (κ2) is 6.42. The van der Waals surface area contributed by atoms with Crippen LogP contribution in [0.1, 0.15) is 23.8 Å². The van der Waals surface area contributed by atoms with E-state index in [1.807, 2.05) is 31.3 Å². The summed E-state index contributed by atoms with van der Waals surface area (Å²) in [6, 6.07) is 7.97. The van der Waals surface area contributed by atoms with Crippen LogP contribution < -0.4 is 5.32 Å². The molecule has 0 aliphatic carbocycles. The third kappa shape index (κ3) is 3.21. The molecule has 0 saturated heterocycles. The number of aryl methyl sites for hydroxylation is 2. The van der Waals surface area contributed by atoms with Gasteiger partial charge in [0.2, 0.25) is 0 Å². The molecule has 0 spiro atoms. The number of alkyl halides is 3. The van der Waals surface area contributed by atoms with E-state index in [-0.39, 0.29) is 5.92 Å². The average Bonchev–Trinajstić information content (AvgIpc) is 3.17. The number of nitrogens with one attached hydrogen (secondary N) is 1. The second-order valence-corrected chi connectivity index (χ2v) is 6.80. The summed E-state index contributed by atoms with van der Waals surface area (Å²) in [6.07, 6.45) is -1.83. The van der Waals surface area contributed by atoms with E-state index < -0.39 is 11.9 Å². The van der Waals surface area contributed by atoms with Crippen LogP contribution in [0.4, 0.5) is 13.2 Å². The van der Waals surface area contributed by atoms with Crippen LogP contribution in [-0.4, -0.2) is 25.6 Å². The van der Waals surface area contributed by atoms with E-state index in [1.165, 1.54) is 0 Å². The van der Waals surface area contributed by atoms with Crippen molar-refractivity contribution in [1.29, 1.82) is 0 Å². The fraction of sp³-hybridized carbons (Fsp3) is 0.444. The lowest BCUT2D eigenvalue weighted by atomic mass is 9.99. The standard InChI is InChI=1S/C18H20F3N5/c1-25-14-5-3-2-4-13(14)23-17(25)9-22-8-12-6-7-16-24-15(18(19,20)21)11-26(16)10-12/h2-5,11-12,22H,6-10H2,1H3/t12-/m0/s1. The number of aromatic nitrogens is 4. The smallest absolute Gasteiger partial charge is 0.334 e. The van der Waals surface area contributed by atoms with Gasteiger partial charge in [0.15, 0.2) is 5.69 Å². The first-order valence-electron chi connectivity index (χ1n) is 8.66. The third-order valence-corrected chi connectivity index (χ3v) is 4.98. The molecule has 0 bridgehead atoms. The lowest BCUT2D eigenvalue weighted by Crippen LogP contribution is -2.30. The number of imidazole rings is 2. The number of nitrogens with zero attached hydrogens (tertiary/aromatic N) is 4. The van der Waals surface area contributed by atoms with Crippen LogP contribution in [0.2, 0.25) is 0 Å². The maximum Gasteiger partial charge on any atom is 0.434 e. The van der Waals surface area contributed by atoms with Crippen LogP contribution in [-0.2, 0) is 32.7 Å². The number of para-hydroxylation sites is 2. The third-order valence-electron chi connectivity index (χ3n) is 4.98. The number of halogens is 3. The van der Waals surface area contributed by atoms with Crippen molar-refractivity contribution in [3.8, 4) is 0 Å². The van der Waals surface area contributed by atoms with Gasteiger partial charge in [-0.3, -0.25) is 0 Å². The lowest BCUT2D eigenvalue weighted by Gasteiger charge is -2.23. The Morgan fingerprint density at radius 3 is 2.81 bits per heavy atom. The highest BCUT2D eigenvalue weighted by Crippen LogP contribution is 2.30. The summed E-state index contributed by atoms with van der Waals surface area (Å²) < 4.78 is 42.1. The maximum absolute atomic E-state index is 12.8. The lowest BCUT2D eigenvalue weighted by molar-refractivity contribution is -0.141. The Labute approximate surface area is 148 Å². The Morgan fingerprint density at radius 1 is 1.23 bits per heavy atom. The molecule has 3 heterocycles. The number of hydrogen-bond donors (Lipinski definition) is 1. The van der Waals surface area contributed by atoms with Crippen LogP contribution in [0, 0.1) is 5.92 Å². The van der Waals surface area contributed by atoms with Crippen molar-refractivity contribution >= 4 is 11.0 Å². The van der Waals surface area contributed by atoms with Gasteiger partial charge in [0, 0.05) is 32.8 Å². The van der Waals surface area contributed by atoms with E-state index in [2.05, 4.69) is 19.9 Å². The summed E-state index contributed by atoms with van der Waals surface area (Å²) in [5.41, 5.74) is 1.26. The van der Waals surface area contributed by atoms with Gasteiger partial charge in [-0.25, -0.2) is 9.97 Å². The van der Waals surface area contributed by atoms with Crippen molar-refractivity contribution in [3.05, 3.63) is 47.8 Å². The van der Waals surface area contributed by atoms with Gasteiger partial charge in [-0.15, -0.1) is 0 Å². The van der Waals surface area contributed by atoms with Gasteiger partial charge in [0.1, 0.15) is 11.6 Å². The van der Waals surface area contributed by atoms with E-state index in [9.17, 15) is 13.2 Å². The number of fused-ring (bicyclic) bond motifs is 2. The molecule has 0 unspecified atom stereocenters. The molecule has 1 aliphatic rings. The number of benzene rings is 1. The zero-order chi connectivity index (χ0) is 18.3. The molecular formula is C18H20F3N5. The molecule has 5 nitrogen and oxygen atoms in total. The predicted molar refractivity (Wildman–Crippen MR) is 91.5 cm³/mol. The van der Waals surface area contributed by atoms with Gasteiger partial charge in [-0.05, 0) is 24.5 Å². The molecule has 0 saturated carbocycles. The Hall–Kier alpha value is -2.35. The molecule has 1 atom stereocenters. The van der Waals surface area contributed by atoms with Crippen molar-refractivity contribution in [3.63, 3.8) is 0 Å². The van der Waals surface area contributed by atoms with E-state index in [0.29, 0.717) is 25.3 Å². The average molecular weight is 363 g/mol. The molecule has 138 valence electrons. The highest BCUT2D eigenvalue weighted by Gasteiger charge is 2.35. The van der Waals surface area contributed by atoms with Gasteiger partial charge in [0.25, 0.3) is 0 Å². The van der Waals surface area contributed by atoms with Crippen molar-refractivity contribution in [2.45, 2.75) is 32.1 Å². The van der Waals surface area contributed by atoms with Crippen molar-refractivity contribution in [1.82, 2.24) is 24.4 Å². The SMILES string of the molecule is Cn1c(CNC[C@@H]2CCc3nc(C(F)(F)F)cn3C2)nc2ccccc21. The van der Waals surface area contributed by atoms with Gasteiger partial charge in [0.05, 0.1) is 17.6 Å². The fourth-order valence-corrected chi connectivity index (χ4v) is 3.56. The molecule has 0 radical (unpaired) electrons. The molecule has 2 aromatic heterocycles. The first-order chi connectivity index (χ1) is 12.4. The number of rotatable bonds is 4. The molecule has 1 aliphatic heterocycles. The van der Waals surface area contributed by atoms with Gasteiger partial charge in [-0.1, -0.05) is 12.1 Å². The highest BCUT2D eigenvalue weighted by atomic mass is 19.4. The summed E-state index contributed by atoms with van der Waals surface area (Å²) in [7, 11) is 1.99. The Morgan fingerprint density at radius 2 is 2.04 bits per heavy atom. The molecule has 4 rings (SSSR count). The molecule has 26 heavy (non-hydrogen) atoms. The minimum absolute atomic E-state index is 0.285.